The fourth-order valence-corrected chi connectivity index (χ4v) is 9.68. The number of rotatable bonds is 3. The second kappa shape index (κ2) is 9.84. The lowest BCUT2D eigenvalue weighted by atomic mass is 9.68. The Balaban J connectivity index is 1.15. The van der Waals surface area contributed by atoms with E-state index in [0.717, 1.165) is 0 Å². The Labute approximate surface area is 296 Å². The highest BCUT2D eigenvalue weighted by atomic mass is 15.0. The van der Waals surface area contributed by atoms with Gasteiger partial charge >= 0.3 is 0 Å². The van der Waals surface area contributed by atoms with E-state index in [2.05, 4.69) is 187 Å². The molecule has 236 valence electrons. The molecular formula is C50H31N. The van der Waals surface area contributed by atoms with Crippen molar-refractivity contribution < 1.29 is 0 Å². The van der Waals surface area contributed by atoms with Gasteiger partial charge in [-0.15, -0.1) is 0 Å². The summed E-state index contributed by atoms with van der Waals surface area (Å²) < 4.78 is 2.47. The van der Waals surface area contributed by atoms with Crippen LogP contribution in [-0.4, -0.2) is 4.57 Å². The number of para-hydroxylation sites is 1. The van der Waals surface area contributed by atoms with Gasteiger partial charge in [0.05, 0.1) is 16.4 Å². The van der Waals surface area contributed by atoms with Crippen molar-refractivity contribution in [3.63, 3.8) is 0 Å². The Morgan fingerprint density at radius 2 is 1.04 bits per heavy atom. The number of aromatic nitrogens is 1. The van der Waals surface area contributed by atoms with Crippen molar-refractivity contribution >= 4 is 27.4 Å². The van der Waals surface area contributed by atoms with E-state index in [1.54, 1.807) is 0 Å². The number of hydrogen-bond acceptors (Lipinski definition) is 0. The average Bonchev–Trinajstić information content (AvgIpc) is 3.75. The molecule has 8 aromatic rings. The lowest BCUT2D eigenvalue weighted by Crippen LogP contribution is -2.27. The smallest absolute Gasteiger partial charge is 0.0728 e. The van der Waals surface area contributed by atoms with Crippen LogP contribution in [0.15, 0.2) is 193 Å². The van der Waals surface area contributed by atoms with Crippen molar-refractivity contribution in [2.45, 2.75) is 5.41 Å². The summed E-state index contributed by atoms with van der Waals surface area (Å²) in [5.74, 6) is 0.444. The molecule has 12 rings (SSSR count). The van der Waals surface area contributed by atoms with E-state index >= 15 is 0 Å². The van der Waals surface area contributed by atoms with Gasteiger partial charge in [0.1, 0.15) is 0 Å². The minimum Gasteiger partial charge on any atom is -0.309 e. The van der Waals surface area contributed by atoms with Gasteiger partial charge in [0.15, 0.2) is 0 Å². The van der Waals surface area contributed by atoms with Crippen LogP contribution in [0.3, 0.4) is 0 Å². The van der Waals surface area contributed by atoms with Crippen LogP contribution >= 0.6 is 0 Å². The first-order chi connectivity index (χ1) is 25.3. The third kappa shape index (κ3) is 3.55. The Morgan fingerprint density at radius 3 is 1.76 bits per heavy atom. The molecule has 4 aliphatic rings. The molecule has 0 N–H and O–H groups in total. The molecule has 1 spiro atoms. The van der Waals surface area contributed by atoms with E-state index in [9.17, 15) is 0 Å². The molecule has 0 saturated carbocycles. The molecule has 1 aromatic heterocycles. The molecule has 1 unspecified atom stereocenters. The molecule has 4 aliphatic carbocycles. The van der Waals surface area contributed by atoms with Crippen molar-refractivity contribution in [2.75, 3.05) is 0 Å². The number of allylic oxidation sites excluding steroid dienone is 6. The van der Waals surface area contributed by atoms with Crippen LogP contribution in [0, 0.1) is 5.92 Å². The predicted molar refractivity (Wildman–Crippen MR) is 211 cm³/mol. The maximum Gasteiger partial charge on any atom is 0.0728 e. The van der Waals surface area contributed by atoms with Crippen LogP contribution in [0.1, 0.15) is 22.3 Å². The van der Waals surface area contributed by atoms with Gasteiger partial charge in [-0.05, 0) is 109 Å². The molecule has 7 aromatic carbocycles. The van der Waals surface area contributed by atoms with Gasteiger partial charge in [-0.1, -0.05) is 146 Å². The van der Waals surface area contributed by atoms with Gasteiger partial charge in [0.2, 0.25) is 0 Å². The molecule has 0 fully saturated rings. The summed E-state index contributed by atoms with van der Waals surface area (Å²) in [4.78, 5) is 0. The molecule has 51 heavy (non-hydrogen) atoms. The lowest BCUT2D eigenvalue weighted by molar-refractivity contribution is 0.773. The maximum absolute atomic E-state index is 2.57. The van der Waals surface area contributed by atoms with Crippen LogP contribution in [0.4, 0.5) is 0 Å². The first-order valence-electron chi connectivity index (χ1n) is 18.0. The third-order valence-electron chi connectivity index (χ3n) is 11.9. The van der Waals surface area contributed by atoms with Crippen molar-refractivity contribution in [1.29, 1.82) is 0 Å². The van der Waals surface area contributed by atoms with E-state index in [1.165, 1.54) is 99.8 Å². The van der Waals surface area contributed by atoms with E-state index in [-0.39, 0.29) is 5.41 Å². The maximum atomic E-state index is 2.57. The fourth-order valence-electron chi connectivity index (χ4n) is 9.68. The van der Waals surface area contributed by atoms with Gasteiger partial charge in [-0.2, -0.15) is 0 Å². The Kier molecular flexibility index (Phi) is 5.28. The van der Waals surface area contributed by atoms with Gasteiger partial charge in [-0.25, -0.2) is 0 Å². The second-order valence-electron chi connectivity index (χ2n) is 14.4. The van der Waals surface area contributed by atoms with Crippen molar-refractivity contribution in [3.8, 4) is 39.1 Å². The zero-order valence-corrected chi connectivity index (χ0v) is 27.8. The molecule has 1 heteroatoms. The first-order valence-corrected chi connectivity index (χ1v) is 18.0. The molecule has 0 amide bonds. The summed E-state index contributed by atoms with van der Waals surface area (Å²) in [6, 6.07) is 60.9. The summed E-state index contributed by atoms with van der Waals surface area (Å²) in [6.45, 7) is 0. The van der Waals surface area contributed by atoms with Crippen molar-refractivity contribution in [1.82, 2.24) is 4.57 Å². The summed E-state index contributed by atoms with van der Waals surface area (Å²) in [6.07, 6.45) is 7.28. The normalized spacial score (nSPS) is 16.9. The Morgan fingerprint density at radius 1 is 0.451 bits per heavy atom. The highest BCUT2D eigenvalue weighted by Crippen LogP contribution is 2.67. The zero-order valence-electron chi connectivity index (χ0n) is 27.8. The minimum atomic E-state index is -0.344. The highest BCUT2D eigenvalue weighted by Gasteiger charge is 2.56. The quantitative estimate of drug-likeness (QED) is 0.180. The average molecular weight is 646 g/mol. The number of hydrogen-bond donors (Lipinski definition) is 0. The van der Waals surface area contributed by atoms with Crippen LogP contribution in [0.2, 0.25) is 0 Å². The number of nitrogens with zero attached hydrogens (tertiary/aromatic N) is 1. The minimum absolute atomic E-state index is 0.344. The van der Waals surface area contributed by atoms with Crippen LogP contribution in [-0.2, 0) is 5.41 Å². The first kappa shape index (κ1) is 27.4. The molecule has 1 heterocycles. The largest absolute Gasteiger partial charge is 0.309 e. The van der Waals surface area contributed by atoms with E-state index < -0.39 is 0 Å². The van der Waals surface area contributed by atoms with Crippen LogP contribution in [0.5, 0.6) is 0 Å². The number of fused-ring (bicyclic) bond motifs is 14. The highest BCUT2D eigenvalue weighted by molar-refractivity contribution is 6.13. The monoisotopic (exact) mass is 645 g/mol. The van der Waals surface area contributed by atoms with Gasteiger partial charge in [0, 0.05) is 22.4 Å². The standard InChI is InChI=1S/C50H31N/c1-3-11-31(12-4-1)32-19-21-33(22-20-32)34-24-26-47-42(27-34)43-29-46-41(30-48(43)51(47)36-13-5-2-6-14-36)39-25-23-35-28-40(35)49(39)50(46)44-17-9-7-15-37(44)38-16-8-10-18-45(38)50/h1-30,35H. The summed E-state index contributed by atoms with van der Waals surface area (Å²) in [5.41, 5.74) is 20.9. The Bertz CT molecular complexity index is 2830. The topological polar surface area (TPSA) is 4.93 Å². The van der Waals surface area contributed by atoms with E-state index in [0.29, 0.717) is 5.92 Å². The molecule has 0 aliphatic heterocycles. The van der Waals surface area contributed by atoms with Crippen LogP contribution < -0.4 is 0 Å². The lowest BCUT2D eigenvalue weighted by Gasteiger charge is -2.33. The van der Waals surface area contributed by atoms with E-state index in [4.69, 9.17) is 0 Å². The predicted octanol–water partition coefficient (Wildman–Crippen LogP) is 12.3. The molecule has 1 atom stereocenters. The van der Waals surface area contributed by atoms with Gasteiger partial charge < -0.3 is 4.57 Å². The Hall–Kier alpha value is -6.44. The van der Waals surface area contributed by atoms with Crippen molar-refractivity contribution in [3.05, 3.63) is 215 Å². The fraction of sp³-hybridized carbons (Fsp3) is 0.0400. The van der Waals surface area contributed by atoms with Crippen molar-refractivity contribution in [2.24, 2.45) is 5.92 Å². The zero-order chi connectivity index (χ0) is 33.3. The SMILES string of the molecule is C1=CC2C=C2C2=C1c1cc3c(cc1C21c2ccccc2-c2ccccc21)c1cc(-c2ccc(-c4ccccc4)cc2)ccc1n3-c1ccccc1. The molecule has 0 bridgehead atoms. The second-order valence-corrected chi connectivity index (χ2v) is 14.4. The molecule has 0 radical (unpaired) electrons. The van der Waals surface area contributed by atoms with E-state index in [1.807, 2.05) is 0 Å². The summed E-state index contributed by atoms with van der Waals surface area (Å²) >= 11 is 0. The van der Waals surface area contributed by atoms with Gasteiger partial charge in [0.25, 0.3) is 0 Å². The van der Waals surface area contributed by atoms with Crippen LogP contribution in [0.25, 0.3) is 66.4 Å². The molecule has 0 saturated heterocycles. The number of benzene rings is 7. The van der Waals surface area contributed by atoms with Gasteiger partial charge in [-0.3, -0.25) is 0 Å². The third-order valence-corrected chi connectivity index (χ3v) is 11.9. The summed E-state index contributed by atoms with van der Waals surface area (Å²) in [5, 5.41) is 2.57. The molecule has 1 nitrogen and oxygen atoms in total. The summed E-state index contributed by atoms with van der Waals surface area (Å²) in [7, 11) is 0. The molecular weight excluding hydrogens is 615 g/mol.